The fourth-order valence-corrected chi connectivity index (χ4v) is 2.99. The Morgan fingerprint density at radius 3 is 2.57 bits per heavy atom. The fourth-order valence-electron chi connectivity index (χ4n) is 2.30. The largest absolute Gasteiger partial charge is 0.497 e. The second-order valence-corrected chi connectivity index (χ2v) is 6.01. The van der Waals surface area contributed by atoms with E-state index in [-0.39, 0.29) is 5.91 Å². The Hall–Kier alpha value is -2.53. The van der Waals surface area contributed by atoms with Crippen LogP contribution in [-0.4, -0.2) is 17.9 Å². The summed E-state index contributed by atoms with van der Waals surface area (Å²) in [5.41, 5.74) is 1.04. The molecule has 5 heteroatoms. The highest BCUT2D eigenvalue weighted by molar-refractivity contribution is 7.12. The third kappa shape index (κ3) is 3.81. The number of carbonyl (C=O) groups is 1. The molecule has 3 aromatic rings. The van der Waals surface area contributed by atoms with Gasteiger partial charge in [-0.3, -0.25) is 4.79 Å². The van der Waals surface area contributed by atoms with Crippen molar-refractivity contribution >= 4 is 17.2 Å². The van der Waals surface area contributed by atoms with Gasteiger partial charge in [-0.15, -0.1) is 11.3 Å². The number of methoxy groups -OCH3 is 1. The third-order valence-corrected chi connectivity index (χ3v) is 4.34. The van der Waals surface area contributed by atoms with E-state index in [2.05, 4.69) is 0 Å². The van der Waals surface area contributed by atoms with E-state index < -0.39 is 0 Å². The molecular weight excluding hydrogens is 310 g/mol. The normalized spacial score (nSPS) is 10.5. The Bertz CT molecular complexity index is 733. The minimum absolute atomic E-state index is 0.00668. The van der Waals surface area contributed by atoms with Gasteiger partial charge in [0.2, 0.25) is 0 Å². The van der Waals surface area contributed by atoms with Crippen molar-refractivity contribution in [3.05, 3.63) is 76.4 Å². The van der Waals surface area contributed by atoms with Crippen molar-refractivity contribution in [3.8, 4) is 5.75 Å². The molecule has 0 fully saturated rings. The summed E-state index contributed by atoms with van der Waals surface area (Å²) in [7, 11) is 1.64. The zero-order valence-electron chi connectivity index (χ0n) is 12.8. The number of nitrogens with zero attached hydrogens (tertiary/aromatic N) is 1. The zero-order chi connectivity index (χ0) is 16.1. The van der Waals surface area contributed by atoms with E-state index in [0.29, 0.717) is 13.1 Å². The lowest BCUT2D eigenvalue weighted by Crippen LogP contribution is -2.29. The molecular formula is C18H17NO3S. The Morgan fingerprint density at radius 1 is 1.13 bits per heavy atom. The molecule has 0 saturated carbocycles. The molecule has 23 heavy (non-hydrogen) atoms. The van der Waals surface area contributed by atoms with Crippen LogP contribution in [0.2, 0.25) is 0 Å². The molecule has 0 aliphatic heterocycles. The first-order valence-electron chi connectivity index (χ1n) is 7.24. The monoisotopic (exact) mass is 327 g/mol. The molecule has 0 radical (unpaired) electrons. The Morgan fingerprint density at radius 2 is 1.96 bits per heavy atom. The molecule has 4 nitrogen and oxygen atoms in total. The highest BCUT2D eigenvalue weighted by Crippen LogP contribution is 2.19. The van der Waals surface area contributed by atoms with Crippen LogP contribution in [0.3, 0.4) is 0 Å². The summed E-state index contributed by atoms with van der Waals surface area (Å²) in [6.45, 7) is 0.956. The van der Waals surface area contributed by atoms with E-state index in [0.717, 1.165) is 22.0 Å². The molecule has 0 spiro atoms. The maximum Gasteiger partial charge on any atom is 0.264 e. The van der Waals surface area contributed by atoms with Gasteiger partial charge < -0.3 is 14.1 Å². The maximum absolute atomic E-state index is 12.7. The van der Waals surface area contributed by atoms with Gasteiger partial charge in [-0.2, -0.15) is 0 Å². The molecule has 2 heterocycles. The fraction of sp³-hybridized carbons (Fsp3) is 0.167. The van der Waals surface area contributed by atoms with Crippen LogP contribution in [0.1, 0.15) is 21.0 Å². The van der Waals surface area contributed by atoms with Crippen molar-refractivity contribution in [1.29, 1.82) is 0 Å². The molecule has 0 atom stereocenters. The number of benzene rings is 1. The number of carbonyl (C=O) groups excluding carboxylic acids is 1. The first-order valence-corrected chi connectivity index (χ1v) is 8.12. The van der Waals surface area contributed by atoms with E-state index in [9.17, 15) is 4.79 Å². The van der Waals surface area contributed by atoms with Crippen molar-refractivity contribution in [3.63, 3.8) is 0 Å². The summed E-state index contributed by atoms with van der Waals surface area (Å²) in [6, 6.07) is 15.2. The summed E-state index contributed by atoms with van der Waals surface area (Å²) in [6.07, 6.45) is 1.62. The standard InChI is InChI=1S/C18H17NO3S/c1-21-15-8-6-14(7-9-15)12-19(13-16-4-2-10-22-16)18(20)17-5-3-11-23-17/h2-11H,12-13H2,1H3. The predicted octanol–water partition coefficient (Wildman–Crippen LogP) is 4.19. The first-order chi connectivity index (χ1) is 11.3. The number of furan rings is 1. The van der Waals surface area contributed by atoms with Crippen LogP contribution >= 0.6 is 11.3 Å². The average Bonchev–Trinajstić information content (AvgIpc) is 3.28. The summed E-state index contributed by atoms with van der Waals surface area (Å²) >= 11 is 1.45. The predicted molar refractivity (Wildman–Crippen MR) is 89.6 cm³/mol. The van der Waals surface area contributed by atoms with Crippen molar-refractivity contribution in [2.24, 2.45) is 0 Å². The second kappa shape index (κ2) is 7.15. The SMILES string of the molecule is COc1ccc(CN(Cc2ccco2)C(=O)c2cccs2)cc1. The molecule has 0 N–H and O–H groups in total. The number of ether oxygens (including phenoxy) is 1. The Kier molecular flexibility index (Phi) is 4.78. The lowest BCUT2D eigenvalue weighted by Gasteiger charge is -2.21. The second-order valence-electron chi connectivity index (χ2n) is 5.07. The van der Waals surface area contributed by atoms with E-state index in [1.165, 1.54) is 11.3 Å². The topological polar surface area (TPSA) is 42.7 Å². The number of rotatable bonds is 6. The van der Waals surface area contributed by atoms with E-state index in [1.807, 2.05) is 53.9 Å². The van der Waals surface area contributed by atoms with Gasteiger partial charge in [0.25, 0.3) is 5.91 Å². The first kappa shape index (κ1) is 15.4. The molecule has 0 aliphatic rings. The van der Waals surface area contributed by atoms with Gasteiger partial charge in [0, 0.05) is 6.54 Å². The summed E-state index contributed by atoms with van der Waals surface area (Å²) in [5, 5.41) is 1.91. The van der Waals surface area contributed by atoms with Crippen molar-refractivity contribution in [2.75, 3.05) is 7.11 Å². The van der Waals surface area contributed by atoms with Crippen molar-refractivity contribution < 1.29 is 13.9 Å². The number of amides is 1. The van der Waals surface area contributed by atoms with Gasteiger partial charge in [0.1, 0.15) is 11.5 Å². The molecule has 0 unspecified atom stereocenters. The summed E-state index contributed by atoms with van der Waals surface area (Å²) < 4.78 is 10.6. The van der Waals surface area contributed by atoms with Gasteiger partial charge in [-0.05, 0) is 41.3 Å². The maximum atomic E-state index is 12.7. The lowest BCUT2D eigenvalue weighted by molar-refractivity contribution is 0.0722. The smallest absolute Gasteiger partial charge is 0.264 e. The highest BCUT2D eigenvalue weighted by atomic mass is 32.1. The third-order valence-electron chi connectivity index (χ3n) is 3.48. The quantitative estimate of drug-likeness (QED) is 0.682. The van der Waals surface area contributed by atoms with Gasteiger partial charge in [-0.25, -0.2) is 0 Å². The van der Waals surface area contributed by atoms with Crippen LogP contribution in [0.4, 0.5) is 0 Å². The molecule has 0 bridgehead atoms. The van der Waals surface area contributed by atoms with Crippen LogP contribution in [0.25, 0.3) is 0 Å². The lowest BCUT2D eigenvalue weighted by atomic mass is 10.2. The van der Waals surface area contributed by atoms with Gasteiger partial charge in [0.15, 0.2) is 0 Å². The number of hydrogen-bond donors (Lipinski definition) is 0. The minimum atomic E-state index is 0.00668. The molecule has 0 saturated heterocycles. The Balaban J connectivity index is 1.80. The van der Waals surface area contributed by atoms with Crippen LogP contribution in [-0.2, 0) is 13.1 Å². The number of hydrogen-bond acceptors (Lipinski definition) is 4. The van der Waals surface area contributed by atoms with Gasteiger partial charge in [0.05, 0.1) is 24.8 Å². The average molecular weight is 327 g/mol. The van der Waals surface area contributed by atoms with Crippen LogP contribution in [0.5, 0.6) is 5.75 Å². The van der Waals surface area contributed by atoms with Crippen LogP contribution < -0.4 is 4.74 Å². The van der Waals surface area contributed by atoms with E-state index >= 15 is 0 Å². The van der Waals surface area contributed by atoms with Crippen molar-refractivity contribution in [2.45, 2.75) is 13.1 Å². The molecule has 3 rings (SSSR count). The summed E-state index contributed by atoms with van der Waals surface area (Å²) in [5.74, 6) is 1.58. The Labute approximate surface area is 138 Å². The van der Waals surface area contributed by atoms with Gasteiger partial charge >= 0.3 is 0 Å². The van der Waals surface area contributed by atoms with E-state index in [4.69, 9.17) is 9.15 Å². The molecule has 1 amide bonds. The van der Waals surface area contributed by atoms with Crippen LogP contribution in [0.15, 0.2) is 64.6 Å². The molecule has 0 aliphatic carbocycles. The van der Waals surface area contributed by atoms with Gasteiger partial charge in [-0.1, -0.05) is 18.2 Å². The molecule has 1 aromatic carbocycles. The molecule has 2 aromatic heterocycles. The van der Waals surface area contributed by atoms with Crippen molar-refractivity contribution in [1.82, 2.24) is 4.90 Å². The summed E-state index contributed by atoms with van der Waals surface area (Å²) in [4.78, 5) is 15.2. The zero-order valence-corrected chi connectivity index (χ0v) is 13.6. The number of thiophene rings is 1. The van der Waals surface area contributed by atoms with Crippen LogP contribution in [0, 0.1) is 0 Å². The molecule has 118 valence electrons. The minimum Gasteiger partial charge on any atom is -0.497 e. The van der Waals surface area contributed by atoms with E-state index in [1.54, 1.807) is 18.3 Å². The highest BCUT2D eigenvalue weighted by Gasteiger charge is 2.18.